The fraction of sp³-hybridized carbons (Fsp3) is 0.818. The monoisotopic (exact) mass is 243 g/mol. The first-order chi connectivity index (χ1) is 8.17. The minimum atomic E-state index is -0.448. The van der Waals surface area contributed by atoms with Crippen molar-refractivity contribution in [2.45, 2.75) is 32.2 Å². The molecule has 0 saturated carbocycles. The Hall–Kier alpha value is -1.14. The van der Waals surface area contributed by atoms with E-state index in [4.69, 9.17) is 5.11 Å². The largest absolute Gasteiger partial charge is 0.395 e. The number of aliphatic hydroxyl groups is 1. The zero-order valence-electron chi connectivity index (χ0n) is 10.2. The lowest BCUT2D eigenvalue weighted by Gasteiger charge is -2.21. The molecule has 6 nitrogen and oxygen atoms in total. The Morgan fingerprint density at radius 3 is 2.88 bits per heavy atom. The van der Waals surface area contributed by atoms with Gasteiger partial charge in [0.05, 0.1) is 13.2 Å². The molecule has 1 saturated heterocycles. The fourth-order valence-corrected chi connectivity index (χ4v) is 1.94. The maximum absolute atomic E-state index is 11.5. The first kappa shape index (κ1) is 13.9. The summed E-state index contributed by atoms with van der Waals surface area (Å²) in [5, 5.41) is 13.9. The first-order valence-corrected chi connectivity index (χ1v) is 6.10. The quantitative estimate of drug-likeness (QED) is 0.618. The molecular weight excluding hydrogens is 222 g/mol. The number of urea groups is 1. The van der Waals surface area contributed by atoms with Crippen LogP contribution in [0.1, 0.15) is 26.2 Å². The zero-order valence-corrected chi connectivity index (χ0v) is 10.2. The molecule has 1 fully saturated rings. The van der Waals surface area contributed by atoms with Crippen molar-refractivity contribution in [2.75, 3.05) is 26.2 Å². The number of imide groups is 1. The smallest absolute Gasteiger partial charge is 0.321 e. The molecular formula is C11H21N3O3. The van der Waals surface area contributed by atoms with E-state index < -0.39 is 6.03 Å². The van der Waals surface area contributed by atoms with Gasteiger partial charge in [0.1, 0.15) is 0 Å². The molecule has 0 aromatic carbocycles. The number of carbonyl (C=O) groups excluding carboxylic acids is 2. The van der Waals surface area contributed by atoms with Gasteiger partial charge < -0.3 is 10.4 Å². The summed E-state index contributed by atoms with van der Waals surface area (Å²) in [5.41, 5.74) is 0. The number of hydrogen-bond acceptors (Lipinski definition) is 4. The van der Waals surface area contributed by atoms with E-state index in [0.717, 1.165) is 25.8 Å². The SMILES string of the molecule is CCCNC(=O)NC(=O)CN1CCCC1CO. The lowest BCUT2D eigenvalue weighted by Crippen LogP contribution is -2.46. The lowest BCUT2D eigenvalue weighted by atomic mass is 10.2. The van der Waals surface area contributed by atoms with Crippen LogP contribution in [0, 0.1) is 0 Å². The Kier molecular flexibility index (Phi) is 5.93. The van der Waals surface area contributed by atoms with Gasteiger partial charge in [-0.05, 0) is 25.8 Å². The second kappa shape index (κ2) is 7.24. The highest BCUT2D eigenvalue weighted by molar-refractivity contribution is 5.95. The molecule has 17 heavy (non-hydrogen) atoms. The minimum absolute atomic E-state index is 0.0550. The van der Waals surface area contributed by atoms with Gasteiger partial charge in [-0.15, -0.1) is 0 Å². The molecule has 1 aliphatic rings. The van der Waals surface area contributed by atoms with E-state index in [-0.39, 0.29) is 25.1 Å². The predicted octanol–water partition coefficient (Wildman–Crippen LogP) is -0.321. The van der Waals surface area contributed by atoms with Crippen molar-refractivity contribution in [1.29, 1.82) is 0 Å². The normalized spacial score (nSPS) is 20.2. The number of nitrogens with one attached hydrogen (secondary N) is 2. The Morgan fingerprint density at radius 1 is 1.47 bits per heavy atom. The van der Waals surface area contributed by atoms with E-state index in [1.165, 1.54) is 0 Å². The maximum atomic E-state index is 11.5. The molecule has 1 unspecified atom stereocenters. The lowest BCUT2D eigenvalue weighted by molar-refractivity contribution is -0.121. The summed E-state index contributed by atoms with van der Waals surface area (Å²) < 4.78 is 0. The van der Waals surface area contributed by atoms with Crippen molar-refractivity contribution in [1.82, 2.24) is 15.5 Å². The van der Waals surface area contributed by atoms with Crippen LogP contribution in [-0.4, -0.2) is 54.2 Å². The minimum Gasteiger partial charge on any atom is -0.395 e. The van der Waals surface area contributed by atoms with E-state index in [1.54, 1.807) is 0 Å². The molecule has 1 rings (SSSR count). The van der Waals surface area contributed by atoms with E-state index in [0.29, 0.717) is 6.54 Å². The van der Waals surface area contributed by atoms with Crippen LogP contribution in [0.5, 0.6) is 0 Å². The topological polar surface area (TPSA) is 81.7 Å². The third kappa shape index (κ3) is 4.70. The molecule has 0 aromatic rings. The van der Waals surface area contributed by atoms with Gasteiger partial charge >= 0.3 is 6.03 Å². The van der Waals surface area contributed by atoms with E-state index in [9.17, 15) is 9.59 Å². The van der Waals surface area contributed by atoms with Gasteiger partial charge in [-0.25, -0.2) is 4.79 Å². The summed E-state index contributed by atoms with van der Waals surface area (Å²) in [5.74, 6) is -0.320. The highest BCUT2D eigenvalue weighted by Crippen LogP contribution is 2.15. The van der Waals surface area contributed by atoms with Crippen molar-refractivity contribution in [2.24, 2.45) is 0 Å². The summed E-state index contributed by atoms with van der Waals surface area (Å²) in [7, 11) is 0. The summed E-state index contributed by atoms with van der Waals surface area (Å²) in [6.45, 7) is 3.54. The van der Waals surface area contributed by atoms with Crippen molar-refractivity contribution in [3.8, 4) is 0 Å². The first-order valence-electron chi connectivity index (χ1n) is 6.10. The van der Waals surface area contributed by atoms with Gasteiger partial charge in [-0.3, -0.25) is 15.0 Å². The molecule has 3 N–H and O–H groups in total. The van der Waals surface area contributed by atoms with E-state index in [2.05, 4.69) is 10.6 Å². The third-order valence-corrected chi connectivity index (χ3v) is 2.85. The van der Waals surface area contributed by atoms with Crippen LogP contribution in [0.2, 0.25) is 0 Å². The van der Waals surface area contributed by atoms with Gasteiger partial charge in [0.25, 0.3) is 0 Å². The van der Waals surface area contributed by atoms with E-state index in [1.807, 2.05) is 11.8 Å². The number of nitrogens with zero attached hydrogens (tertiary/aromatic N) is 1. The van der Waals surface area contributed by atoms with Crippen molar-refractivity contribution < 1.29 is 14.7 Å². The standard InChI is InChI=1S/C11H21N3O3/c1-2-5-12-11(17)13-10(16)7-14-6-3-4-9(14)8-15/h9,15H,2-8H2,1H3,(H2,12,13,16,17). The van der Waals surface area contributed by atoms with Crippen LogP contribution in [0.15, 0.2) is 0 Å². The molecule has 98 valence electrons. The summed E-state index contributed by atoms with van der Waals surface area (Å²) >= 11 is 0. The molecule has 3 amide bonds. The highest BCUT2D eigenvalue weighted by atomic mass is 16.3. The Balaban J connectivity index is 2.26. The zero-order chi connectivity index (χ0) is 12.7. The molecule has 6 heteroatoms. The Labute approximate surface area is 101 Å². The van der Waals surface area contributed by atoms with Gasteiger partial charge in [0.2, 0.25) is 5.91 Å². The number of hydrogen-bond donors (Lipinski definition) is 3. The molecule has 0 aliphatic carbocycles. The second-order valence-corrected chi connectivity index (χ2v) is 4.25. The molecule has 1 heterocycles. The number of likely N-dealkylation sites (tertiary alicyclic amines) is 1. The van der Waals surface area contributed by atoms with Gasteiger partial charge in [-0.2, -0.15) is 0 Å². The fourth-order valence-electron chi connectivity index (χ4n) is 1.94. The number of aliphatic hydroxyl groups excluding tert-OH is 1. The molecule has 0 bridgehead atoms. The summed E-state index contributed by atoms with van der Waals surface area (Å²) in [6.07, 6.45) is 2.73. The average molecular weight is 243 g/mol. The maximum Gasteiger partial charge on any atom is 0.321 e. The molecule has 1 atom stereocenters. The molecule has 0 radical (unpaired) electrons. The predicted molar refractivity (Wildman–Crippen MR) is 63.5 cm³/mol. The van der Waals surface area contributed by atoms with Crippen molar-refractivity contribution >= 4 is 11.9 Å². The summed E-state index contributed by atoms with van der Waals surface area (Å²) in [6, 6.07) is -0.393. The molecule has 0 aromatic heterocycles. The van der Waals surface area contributed by atoms with Crippen LogP contribution in [0.3, 0.4) is 0 Å². The van der Waals surface area contributed by atoms with Gasteiger partial charge in [0, 0.05) is 12.6 Å². The summed E-state index contributed by atoms with van der Waals surface area (Å²) in [4.78, 5) is 24.7. The Morgan fingerprint density at radius 2 is 2.24 bits per heavy atom. The van der Waals surface area contributed by atoms with Gasteiger partial charge in [-0.1, -0.05) is 6.92 Å². The number of carbonyl (C=O) groups is 2. The van der Waals surface area contributed by atoms with Crippen LogP contribution >= 0.6 is 0 Å². The van der Waals surface area contributed by atoms with Crippen LogP contribution in [0.25, 0.3) is 0 Å². The van der Waals surface area contributed by atoms with Crippen LogP contribution in [0.4, 0.5) is 4.79 Å². The highest BCUT2D eigenvalue weighted by Gasteiger charge is 2.25. The number of amides is 3. The average Bonchev–Trinajstić information content (AvgIpc) is 2.73. The molecule has 0 spiro atoms. The van der Waals surface area contributed by atoms with Gasteiger partial charge in [0.15, 0.2) is 0 Å². The van der Waals surface area contributed by atoms with Crippen molar-refractivity contribution in [3.63, 3.8) is 0 Å². The Bertz CT molecular complexity index is 271. The third-order valence-electron chi connectivity index (χ3n) is 2.85. The number of rotatable bonds is 5. The van der Waals surface area contributed by atoms with Crippen LogP contribution < -0.4 is 10.6 Å². The van der Waals surface area contributed by atoms with Crippen molar-refractivity contribution in [3.05, 3.63) is 0 Å². The van der Waals surface area contributed by atoms with Crippen LogP contribution in [-0.2, 0) is 4.79 Å². The second-order valence-electron chi connectivity index (χ2n) is 4.25. The molecule has 1 aliphatic heterocycles. The van der Waals surface area contributed by atoms with E-state index >= 15 is 0 Å².